The van der Waals surface area contributed by atoms with Crippen molar-refractivity contribution in [1.29, 1.82) is 0 Å². The predicted octanol–water partition coefficient (Wildman–Crippen LogP) is 7.54. The van der Waals surface area contributed by atoms with E-state index >= 15 is 0 Å². The number of amides is 1. The maximum atomic E-state index is 12.8. The summed E-state index contributed by atoms with van der Waals surface area (Å²) in [7, 11) is 1.52. The summed E-state index contributed by atoms with van der Waals surface area (Å²) in [5.74, 6) is 0.570. The Morgan fingerprint density at radius 1 is 1.17 bits per heavy atom. The van der Waals surface area contributed by atoms with Crippen LogP contribution in [0.1, 0.15) is 10.4 Å². The summed E-state index contributed by atoms with van der Waals surface area (Å²) in [5, 5.41) is 3.44. The van der Waals surface area contributed by atoms with Gasteiger partial charge in [-0.3, -0.25) is 4.79 Å². The summed E-state index contributed by atoms with van der Waals surface area (Å²) in [5.41, 5.74) is 2.90. The molecule has 0 fully saturated rings. The van der Waals surface area contributed by atoms with E-state index in [1.165, 1.54) is 7.11 Å². The van der Waals surface area contributed by atoms with E-state index in [0.717, 1.165) is 8.04 Å². The minimum absolute atomic E-state index is 0.308. The highest BCUT2D eigenvalue weighted by atomic mass is 127. The van der Waals surface area contributed by atoms with E-state index in [4.69, 9.17) is 20.8 Å². The minimum atomic E-state index is -0.308. The topological polar surface area (TPSA) is 64.4 Å². The van der Waals surface area contributed by atoms with Gasteiger partial charge in [-0.2, -0.15) is 0 Å². The van der Waals surface area contributed by atoms with Gasteiger partial charge in [-0.25, -0.2) is 4.98 Å². The van der Waals surface area contributed by atoms with Gasteiger partial charge in [-0.15, -0.1) is 0 Å². The molecule has 30 heavy (non-hydrogen) atoms. The number of hydrogen-bond donors (Lipinski definition) is 1. The molecule has 0 aliphatic carbocycles. The van der Waals surface area contributed by atoms with Crippen molar-refractivity contribution in [3.63, 3.8) is 0 Å². The molecule has 1 N–H and O–H groups in total. The van der Waals surface area contributed by atoms with Crippen molar-refractivity contribution in [3.8, 4) is 17.2 Å². The molecule has 1 heterocycles. The first-order valence-electron chi connectivity index (χ1n) is 8.56. The third-order valence-corrected chi connectivity index (χ3v) is 6.31. The van der Waals surface area contributed by atoms with Gasteiger partial charge < -0.3 is 14.5 Å². The zero-order valence-corrected chi connectivity index (χ0v) is 21.4. The Morgan fingerprint density at radius 3 is 2.73 bits per heavy atom. The Morgan fingerprint density at radius 2 is 1.97 bits per heavy atom. The van der Waals surface area contributed by atoms with Crippen LogP contribution in [0, 0.1) is 3.57 Å². The number of carbonyl (C=O) groups is 1. The molecule has 0 bridgehead atoms. The van der Waals surface area contributed by atoms with Crippen LogP contribution in [0.15, 0.2) is 61.9 Å². The lowest BCUT2D eigenvalue weighted by molar-refractivity contribution is 0.102. The fourth-order valence-corrected chi connectivity index (χ4v) is 4.99. The Hall–Kier alpha value is -1.62. The minimum Gasteiger partial charge on any atom is -0.495 e. The van der Waals surface area contributed by atoms with Gasteiger partial charge in [-0.05, 0) is 87.1 Å². The van der Waals surface area contributed by atoms with Crippen LogP contribution in [-0.4, -0.2) is 18.0 Å². The van der Waals surface area contributed by atoms with Crippen molar-refractivity contribution >= 4 is 88.7 Å². The third kappa shape index (κ3) is 4.37. The zero-order chi connectivity index (χ0) is 21.4. The molecule has 0 saturated heterocycles. The number of rotatable bonds is 4. The summed E-state index contributed by atoms with van der Waals surface area (Å²) >= 11 is 15.3. The lowest BCUT2D eigenvalue weighted by atomic mass is 10.2. The fraction of sp³-hybridized carbons (Fsp3) is 0.0476. The third-order valence-electron chi connectivity index (χ3n) is 4.26. The number of halogens is 4. The van der Waals surface area contributed by atoms with Crippen LogP contribution in [0.4, 0.5) is 5.69 Å². The SMILES string of the molecule is COc1c(Br)cc(Br)cc1C(=O)Nc1ccc2oc(-c3cc(I)ccc3Cl)nc2c1. The lowest BCUT2D eigenvalue weighted by Gasteiger charge is -2.11. The van der Waals surface area contributed by atoms with Crippen molar-refractivity contribution < 1.29 is 13.9 Å². The second-order valence-corrected chi connectivity index (χ2v) is 9.67. The maximum absolute atomic E-state index is 12.8. The summed E-state index contributed by atoms with van der Waals surface area (Å²) < 4.78 is 13.7. The normalized spacial score (nSPS) is 11.0. The summed E-state index contributed by atoms with van der Waals surface area (Å²) in [6.45, 7) is 0. The molecule has 0 unspecified atom stereocenters. The Kier molecular flexibility index (Phi) is 6.38. The van der Waals surface area contributed by atoms with Crippen LogP contribution < -0.4 is 10.1 Å². The number of ether oxygens (including phenoxy) is 1. The Labute approximate surface area is 207 Å². The molecule has 0 radical (unpaired) electrons. The molecule has 1 aromatic heterocycles. The van der Waals surface area contributed by atoms with E-state index < -0.39 is 0 Å². The van der Waals surface area contributed by atoms with Gasteiger partial charge in [-0.1, -0.05) is 27.5 Å². The molecule has 0 saturated carbocycles. The van der Waals surface area contributed by atoms with Crippen LogP contribution >= 0.6 is 66.1 Å². The number of nitrogens with zero attached hydrogens (tertiary/aromatic N) is 1. The van der Waals surface area contributed by atoms with Crippen LogP contribution in [0.25, 0.3) is 22.6 Å². The van der Waals surface area contributed by atoms with E-state index in [9.17, 15) is 4.79 Å². The molecule has 152 valence electrons. The second kappa shape index (κ2) is 8.86. The van der Waals surface area contributed by atoms with Gasteiger partial charge in [0.15, 0.2) is 5.58 Å². The number of nitrogens with one attached hydrogen (secondary N) is 1. The van der Waals surface area contributed by atoms with Crippen LogP contribution in [0.3, 0.4) is 0 Å². The van der Waals surface area contributed by atoms with Crippen molar-refractivity contribution in [2.75, 3.05) is 12.4 Å². The number of methoxy groups -OCH3 is 1. The van der Waals surface area contributed by atoms with Gasteiger partial charge in [0.1, 0.15) is 11.3 Å². The second-order valence-electron chi connectivity index (χ2n) is 6.25. The summed E-state index contributed by atoms with van der Waals surface area (Å²) in [4.78, 5) is 17.4. The van der Waals surface area contributed by atoms with E-state index in [1.807, 2.05) is 24.3 Å². The van der Waals surface area contributed by atoms with Crippen molar-refractivity contribution in [3.05, 3.63) is 71.6 Å². The quantitative estimate of drug-likeness (QED) is 0.230. The molecule has 0 aliphatic heterocycles. The zero-order valence-electron chi connectivity index (χ0n) is 15.3. The van der Waals surface area contributed by atoms with Crippen LogP contribution in [0.2, 0.25) is 5.02 Å². The average molecular weight is 663 g/mol. The molecule has 9 heteroatoms. The predicted molar refractivity (Wildman–Crippen MR) is 134 cm³/mol. The van der Waals surface area contributed by atoms with E-state index in [-0.39, 0.29) is 5.91 Å². The first-order valence-corrected chi connectivity index (χ1v) is 11.6. The molecule has 4 aromatic rings. The van der Waals surface area contributed by atoms with Gasteiger partial charge >= 0.3 is 0 Å². The molecule has 0 spiro atoms. The van der Waals surface area contributed by atoms with Crippen molar-refractivity contribution in [1.82, 2.24) is 4.98 Å². The average Bonchev–Trinajstić information content (AvgIpc) is 3.12. The monoisotopic (exact) mass is 660 g/mol. The first kappa shape index (κ1) is 21.6. The number of hydrogen-bond acceptors (Lipinski definition) is 4. The van der Waals surface area contributed by atoms with Crippen LogP contribution in [0.5, 0.6) is 5.75 Å². The van der Waals surface area contributed by atoms with E-state index in [1.54, 1.807) is 24.3 Å². The fourth-order valence-electron chi connectivity index (χ4n) is 2.92. The van der Waals surface area contributed by atoms with Gasteiger partial charge in [0.05, 0.1) is 27.7 Å². The standard InChI is InChI=1S/C21H12Br2ClIN2O3/c1-29-19-14(6-10(22)7-15(19)23)20(28)26-12-3-5-18-17(9-12)27-21(30-18)13-8-11(25)2-4-16(13)24/h2-9H,1H3,(H,26,28). The molecule has 1 amide bonds. The molecule has 5 nitrogen and oxygen atoms in total. The van der Waals surface area contributed by atoms with Gasteiger partial charge in [0.25, 0.3) is 5.91 Å². The highest BCUT2D eigenvalue weighted by Gasteiger charge is 2.18. The number of benzene rings is 3. The summed E-state index contributed by atoms with van der Waals surface area (Å²) in [6, 6.07) is 14.4. The van der Waals surface area contributed by atoms with E-state index in [2.05, 4.69) is 64.8 Å². The molecule has 4 rings (SSSR count). The number of carbonyl (C=O) groups excluding carboxylic acids is 1. The molecule has 0 atom stereocenters. The largest absolute Gasteiger partial charge is 0.495 e. The number of oxazole rings is 1. The lowest BCUT2D eigenvalue weighted by Crippen LogP contribution is -2.13. The summed E-state index contributed by atoms with van der Waals surface area (Å²) in [6.07, 6.45) is 0. The smallest absolute Gasteiger partial charge is 0.259 e. The number of aromatic nitrogens is 1. The number of anilines is 1. The van der Waals surface area contributed by atoms with Crippen LogP contribution in [-0.2, 0) is 0 Å². The van der Waals surface area contributed by atoms with Gasteiger partial charge in [0.2, 0.25) is 5.89 Å². The van der Waals surface area contributed by atoms with Crippen molar-refractivity contribution in [2.24, 2.45) is 0 Å². The van der Waals surface area contributed by atoms with E-state index in [0.29, 0.717) is 49.0 Å². The van der Waals surface area contributed by atoms with Gasteiger partial charge in [0, 0.05) is 13.7 Å². The molecule has 3 aromatic carbocycles. The maximum Gasteiger partial charge on any atom is 0.259 e. The first-order chi connectivity index (χ1) is 14.4. The molecule has 0 aliphatic rings. The molecular weight excluding hydrogens is 650 g/mol. The highest BCUT2D eigenvalue weighted by molar-refractivity contribution is 14.1. The Bertz CT molecular complexity index is 1290. The number of fused-ring (bicyclic) bond motifs is 1. The Balaban J connectivity index is 1.67. The van der Waals surface area contributed by atoms with Crippen molar-refractivity contribution in [2.45, 2.75) is 0 Å². The molecular formula is C21H12Br2ClIN2O3. The highest BCUT2D eigenvalue weighted by Crippen LogP contribution is 2.34.